The van der Waals surface area contributed by atoms with E-state index in [4.69, 9.17) is 0 Å². The molecule has 1 aliphatic carbocycles. The van der Waals surface area contributed by atoms with Crippen LogP contribution in [0.25, 0.3) is 10.1 Å². The molecule has 4 rings (SSSR count). The van der Waals surface area contributed by atoms with E-state index in [9.17, 15) is 9.59 Å². The lowest BCUT2D eigenvalue weighted by atomic mass is 9.85. The Balaban J connectivity index is 1.41. The zero-order chi connectivity index (χ0) is 17.9. The fourth-order valence-corrected chi connectivity index (χ4v) is 3.88. The number of benzene rings is 1. The Kier molecular flexibility index (Phi) is 4.67. The van der Waals surface area contributed by atoms with Gasteiger partial charge in [0.05, 0.1) is 4.70 Å². The monoisotopic (exact) mass is 365 g/mol. The van der Waals surface area contributed by atoms with E-state index in [1.807, 2.05) is 41.8 Å². The van der Waals surface area contributed by atoms with Gasteiger partial charge in [0.15, 0.2) is 0 Å². The van der Waals surface area contributed by atoms with Crippen molar-refractivity contribution in [1.29, 1.82) is 0 Å². The number of thiophene rings is 1. The van der Waals surface area contributed by atoms with Crippen molar-refractivity contribution in [2.24, 2.45) is 5.92 Å². The van der Waals surface area contributed by atoms with E-state index in [1.165, 1.54) is 11.3 Å². The smallest absolute Gasteiger partial charge is 0.271 e. The van der Waals surface area contributed by atoms with Gasteiger partial charge in [0.2, 0.25) is 5.91 Å². The van der Waals surface area contributed by atoms with E-state index in [1.54, 1.807) is 6.20 Å². The van der Waals surface area contributed by atoms with Crippen molar-refractivity contribution in [2.45, 2.75) is 25.8 Å². The second kappa shape index (κ2) is 7.25. The van der Waals surface area contributed by atoms with E-state index in [0.29, 0.717) is 12.2 Å². The molecule has 1 aliphatic rings. The summed E-state index contributed by atoms with van der Waals surface area (Å²) in [7, 11) is 0. The summed E-state index contributed by atoms with van der Waals surface area (Å²) in [5.74, 6) is 0.0451. The Labute approximate surface area is 155 Å². The Bertz CT molecular complexity index is 962. The number of aromatic nitrogens is 1. The number of hydrogen-bond acceptors (Lipinski definition) is 4. The number of nitrogens with one attached hydrogen (secondary N) is 2. The van der Waals surface area contributed by atoms with Crippen LogP contribution in [0.5, 0.6) is 0 Å². The molecule has 0 unspecified atom stereocenters. The van der Waals surface area contributed by atoms with Gasteiger partial charge in [-0.05, 0) is 53.4 Å². The summed E-state index contributed by atoms with van der Waals surface area (Å²) in [6.45, 7) is 0.384. The van der Waals surface area contributed by atoms with Crippen LogP contribution in [0, 0.1) is 5.92 Å². The quantitative estimate of drug-likeness (QED) is 0.719. The van der Waals surface area contributed by atoms with E-state index >= 15 is 0 Å². The second-order valence-electron chi connectivity index (χ2n) is 6.50. The molecule has 2 amide bonds. The molecule has 5 nitrogen and oxygen atoms in total. The van der Waals surface area contributed by atoms with Gasteiger partial charge in [0.1, 0.15) is 5.69 Å². The molecule has 26 heavy (non-hydrogen) atoms. The van der Waals surface area contributed by atoms with Crippen LogP contribution in [0.2, 0.25) is 0 Å². The fraction of sp³-hybridized carbons (Fsp3) is 0.250. The number of hydrogen-bond donors (Lipinski definition) is 2. The topological polar surface area (TPSA) is 71.1 Å². The summed E-state index contributed by atoms with van der Waals surface area (Å²) in [6.07, 6.45) is 4.74. The maximum atomic E-state index is 12.5. The van der Waals surface area contributed by atoms with Gasteiger partial charge in [0.25, 0.3) is 5.91 Å². The molecular formula is C20H19N3O2S. The summed E-state index contributed by atoms with van der Waals surface area (Å²) in [5.41, 5.74) is 2.15. The van der Waals surface area contributed by atoms with Crippen LogP contribution in [0.3, 0.4) is 0 Å². The molecule has 2 heterocycles. The van der Waals surface area contributed by atoms with Gasteiger partial charge >= 0.3 is 0 Å². The lowest BCUT2D eigenvalue weighted by molar-refractivity contribution is -0.122. The summed E-state index contributed by atoms with van der Waals surface area (Å²) < 4.78 is 0.895. The van der Waals surface area contributed by atoms with Crippen LogP contribution in [0.15, 0.2) is 48.0 Å². The summed E-state index contributed by atoms with van der Waals surface area (Å²) >= 11 is 1.51. The summed E-state index contributed by atoms with van der Waals surface area (Å²) in [4.78, 5) is 28.8. The minimum absolute atomic E-state index is 0.0889. The SMILES string of the molecule is O=C(NCc1cccc(NC(=O)C2CCC2)c1)c1nccc2ccsc12. The highest BCUT2D eigenvalue weighted by Gasteiger charge is 2.25. The average molecular weight is 365 g/mol. The van der Waals surface area contributed by atoms with E-state index in [0.717, 1.165) is 40.6 Å². The van der Waals surface area contributed by atoms with Crippen LogP contribution >= 0.6 is 11.3 Å². The molecule has 6 heteroatoms. The zero-order valence-electron chi connectivity index (χ0n) is 14.2. The van der Waals surface area contributed by atoms with E-state index in [-0.39, 0.29) is 17.7 Å². The molecule has 0 atom stereocenters. The van der Waals surface area contributed by atoms with Gasteiger partial charge in [-0.25, -0.2) is 4.98 Å². The summed E-state index contributed by atoms with van der Waals surface area (Å²) in [5, 5.41) is 8.86. The lowest BCUT2D eigenvalue weighted by Gasteiger charge is -2.24. The van der Waals surface area contributed by atoms with Crippen molar-refractivity contribution in [2.75, 3.05) is 5.32 Å². The Morgan fingerprint density at radius 1 is 1.19 bits per heavy atom. The third-order valence-electron chi connectivity index (χ3n) is 4.71. The maximum Gasteiger partial charge on any atom is 0.271 e. The summed E-state index contributed by atoms with van der Waals surface area (Å²) in [6, 6.07) is 11.5. The zero-order valence-corrected chi connectivity index (χ0v) is 15.0. The van der Waals surface area contributed by atoms with Gasteiger partial charge in [-0.2, -0.15) is 0 Å². The van der Waals surface area contributed by atoms with Gasteiger partial charge in [-0.1, -0.05) is 18.6 Å². The third kappa shape index (κ3) is 3.46. The average Bonchev–Trinajstić information content (AvgIpc) is 3.07. The van der Waals surface area contributed by atoms with E-state index < -0.39 is 0 Å². The van der Waals surface area contributed by atoms with Crippen LogP contribution in [0.4, 0.5) is 5.69 Å². The Morgan fingerprint density at radius 3 is 2.88 bits per heavy atom. The molecule has 0 radical (unpaired) electrons. The van der Waals surface area contributed by atoms with Gasteiger partial charge in [-0.3, -0.25) is 9.59 Å². The van der Waals surface area contributed by atoms with E-state index in [2.05, 4.69) is 15.6 Å². The largest absolute Gasteiger partial charge is 0.347 e. The minimum Gasteiger partial charge on any atom is -0.347 e. The normalized spacial score (nSPS) is 14.0. The van der Waals surface area contributed by atoms with Gasteiger partial charge in [0, 0.05) is 24.3 Å². The van der Waals surface area contributed by atoms with Crippen molar-refractivity contribution < 1.29 is 9.59 Å². The standard InChI is InChI=1S/C20H19N3O2S/c24-19(15-4-2-5-15)23-16-6-1-3-13(11-16)12-22-20(25)17-18-14(7-9-21-17)8-10-26-18/h1,3,6-11,15H,2,4-5,12H2,(H,22,25)(H,23,24). The Hall–Kier alpha value is -2.73. The number of carbonyl (C=O) groups excluding carboxylic acids is 2. The highest BCUT2D eigenvalue weighted by atomic mass is 32.1. The number of carbonyl (C=O) groups is 2. The maximum absolute atomic E-state index is 12.5. The first-order valence-electron chi connectivity index (χ1n) is 8.71. The molecule has 1 fully saturated rings. The fourth-order valence-electron chi connectivity index (χ4n) is 3.00. The first-order valence-corrected chi connectivity index (χ1v) is 9.59. The van der Waals surface area contributed by atoms with Gasteiger partial charge in [-0.15, -0.1) is 11.3 Å². The number of amides is 2. The molecule has 3 aromatic rings. The molecular weight excluding hydrogens is 346 g/mol. The van der Waals surface area contributed by atoms with Crippen LogP contribution in [-0.2, 0) is 11.3 Å². The molecule has 0 bridgehead atoms. The molecule has 132 valence electrons. The molecule has 2 aromatic heterocycles. The van der Waals surface area contributed by atoms with Crippen LogP contribution in [-0.4, -0.2) is 16.8 Å². The lowest BCUT2D eigenvalue weighted by Crippen LogP contribution is -2.28. The highest BCUT2D eigenvalue weighted by molar-refractivity contribution is 7.17. The van der Waals surface area contributed by atoms with Crippen LogP contribution < -0.4 is 10.6 Å². The third-order valence-corrected chi connectivity index (χ3v) is 5.64. The second-order valence-corrected chi connectivity index (χ2v) is 7.41. The highest BCUT2D eigenvalue weighted by Crippen LogP contribution is 2.27. The van der Waals surface area contributed by atoms with Gasteiger partial charge < -0.3 is 10.6 Å². The number of nitrogens with zero attached hydrogens (tertiary/aromatic N) is 1. The van der Waals surface area contributed by atoms with Crippen molar-refractivity contribution >= 4 is 38.9 Å². The number of fused-ring (bicyclic) bond motifs is 1. The first kappa shape index (κ1) is 16.7. The number of anilines is 1. The molecule has 2 N–H and O–H groups in total. The van der Waals surface area contributed by atoms with Crippen LogP contribution in [0.1, 0.15) is 35.3 Å². The molecule has 1 aromatic carbocycles. The van der Waals surface area contributed by atoms with Crippen molar-refractivity contribution in [3.8, 4) is 0 Å². The molecule has 0 saturated heterocycles. The predicted molar refractivity (Wildman–Crippen MR) is 103 cm³/mol. The molecule has 1 saturated carbocycles. The number of rotatable bonds is 5. The number of pyridine rings is 1. The molecule has 0 spiro atoms. The Morgan fingerprint density at radius 2 is 2.08 bits per heavy atom. The van der Waals surface area contributed by atoms with Crippen molar-refractivity contribution in [3.63, 3.8) is 0 Å². The first-order chi connectivity index (χ1) is 12.7. The predicted octanol–water partition coefficient (Wildman–Crippen LogP) is 3.96. The van der Waals surface area contributed by atoms with Crippen molar-refractivity contribution in [1.82, 2.24) is 10.3 Å². The molecule has 0 aliphatic heterocycles. The minimum atomic E-state index is -0.193. The van der Waals surface area contributed by atoms with Crippen molar-refractivity contribution in [3.05, 3.63) is 59.2 Å².